The number of nitrogens with one attached hydrogen (secondary N) is 1. The molecule has 1 aliphatic rings. The van der Waals surface area contributed by atoms with Gasteiger partial charge in [-0.1, -0.05) is 37.3 Å². The lowest BCUT2D eigenvalue weighted by Gasteiger charge is -2.18. The van der Waals surface area contributed by atoms with Crippen molar-refractivity contribution in [2.45, 2.75) is 13.3 Å². The van der Waals surface area contributed by atoms with E-state index < -0.39 is 0 Å². The lowest BCUT2D eigenvalue weighted by molar-refractivity contribution is -0.118. The fraction of sp³-hybridized carbons (Fsp3) is 0.188. The molecule has 2 aromatic carbocycles. The normalized spacial score (nSPS) is 13.4. The van der Waals surface area contributed by atoms with Crippen LogP contribution in [-0.4, -0.2) is 12.5 Å². The Bertz CT molecular complexity index is 617. The summed E-state index contributed by atoms with van der Waals surface area (Å²) in [6.07, 6.45) is 1.04. The minimum Gasteiger partial charge on any atom is -0.482 e. The molecule has 1 amide bonds. The summed E-state index contributed by atoms with van der Waals surface area (Å²) in [4.78, 5) is 11.3. The number of hydrogen-bond donors (Lipinski definition) is 1. The molecule has 3 rings (SSSR count). The van der Waals surface area contributed by atoms with Crippen LogP contribution in [0.5, 0.6) is 5.75 Å². The zero-order chi connectivity index (χ0) is 13.2. The number of carbonyl (C=O) groups excluding carboxylic acids is 1. The van der Waals surface area contributed by atoms with Crippen molar-refractivity contribution in [1.29, 1.82) is 0 Å². The second-order valence-electron chi connectivity index (χ2n) is 4.60. The molecule has 0 atom stereocenters. The van der Waals surface area contributed by atoms with Crippen molar-refractivity contribution in [3.63, 3.8) is 0 Å². The predicted octanol–water partition coefficient (Wildman–Crippen LogP) is 3.25. The Balaban J connectivity index is 1.96. The van der Waals surface area contributed by atoms with Crippen LogP contribution < -0.4 is 10.1 Å². The van der Waals surface area contributed by atoms with Gasteiger partial charge in [-0.25, -0.2) is 0 Å². The van der Waals surface area contributed by atoms with Crippen LogP contribution in [0.3, 0.4) is 0 Å². The predicted molar refractivity (Wildman–Crippen MR) is 75.4 cm³/mol. The second-order valence-corrected chi connectivity index (χ2v) is 4.60. The molecule has 0 spiro atoms. The first-order valence-electron chi connectivity index (χ1n) is 6.42. The number of hydrogen-bond acceptors (Lipinski definition) is 2. The molecule has 2 aromatic rings. The van der Waals surface area contributed by atoms with E-state index in [0.717, 1.165) is 29.0 Å². The van der Waals surface area contributed by atoms with Crippen LogP contribution >= 0.6 is 0 Å². The molecule has 0 aliphatic carbocycles. The minimum absolute atomic E-state index is 0.0948. The molecular weight excluding hydrogens is 238 g/mol. The summed E-state index contributed by atoms with van der Waals surface area (Å²) in [7, 11) is 0. The lowest BCUT2D eigenvalue weighted by Crippen LogP contribution is -2.25. The Labute approximate surface area is 112 Å². The first-order valence-corrected chi connectivity index (χ1v) is 6.42. The zero-order valence-corrected chi connectivity index (χ0v) is 10.8. The summed E-state index contributed by atoms with van der Waals surface area (Å²) in [5.74, 6) is 0.625. The zero-order valence-electron chi connectivity index (χ0n) is 10.8. The molecule has 0 radical (unpaired) electrons. The van der Waals surface area contributed by atoms with Crippen LogP contribution in [0.25, 0.3) is 11.1 Å². The first kappa shape index (κ1) is 11.8. The molecule has 0 fully saturated rings. The number of anilines is 1. The average Bonchev–Trinajstić information content (AvgIpc) is 2.46. The topological polar surface area (TPSA) is 38.3 Å². The largest absolute Gasteiger partial charge is 0.482 e. The maximum Gasteiger partial charge on any atom is 0.262 e. The third kappa shape index (κ3) is 2.32. The number of amides is 1. The lowest BCUT2D eigenvalue weighted by atomic mass is 10.0. The molecule has 3 nitrogen and oxygen atoms in total. The summed E-state index contributed by atoms with van der Waals surface area (Å²) in [6, 6.07) is 14.3. The SMILES string of the molecule is CCc1ccc(-c2ccc3c(c2)NC(=O)CO3)cc1. The van der Waals surface area contributed by atoms with Gasteiger partial charge >= 0.3 is 0 Å². The van der Waals surface area contributed by atoms with Gasteiger partial charge in [-0.2, -0.15) is 0 Å². The van der Waals surface area contributed by atoms with Crippen molar-refractivity contribution in [1.82, 2.24) is 0 Å². The van der Waals surface area contributed by atoms with Crippen molar-refractivity contribution in [3.05, 3.63) is 48.0 Å². The van der Waals surface area contributed by atoms with E-state index in [2.05, 4.69) is 36.5 Å². The number of fused-ring (bicyclic) bond motifs is 1. The highest BCUT2D eigenvalue weighted by molar-refractivity contribution is 5.96. The summed E-state index contributed by atoms with van der Waals surface area (Å²) in [5.41, 5.74) is 4.28. The Morgan fingerprint density at radius 2 is 1.84 bits per heavy atom. The van der Waals surface area contributed by atoms with E-state index in [1.54, 1.807) is 0 Å². The summed E-state index contributed by atoms with van der Waals surface area (Å²) < 4.78 is 5.35. The molecule has 1 aliphatic heterocycles. The molecular formula is C16H15NO2. The molecule has 0 unspecified atom stereocenters. The molecule has 1 heterocycles. The van der Waals surface area contributed by atoms with E-state index in [1.807, 2.05) is 18.2 Å². The highest BCUT2D eigenvalue weighted by atomic mass is 16.5. The van der Waals surface area contributed by atoms with Crippen molar-refractivity contribution in [2.75, 3.05) is 11.9 Å². The fourth-order valence-electron chi connectivity index (χ4n) is 2.20. The number of benzene rings is 2. The van der Waals surface area contributed by atoms with Gasteiger partial charge in [0.05, 0.1) is 5.69 Å². The molecule has 96 valence electrons. The third-order valence-corrected chi connectivity index (χ3v) is 3.31. The Morgan fingerprint density at radius 1 is 1.11 bits per heavy atom. The van der Waals surface area contributed by atoms with Gasteiger partial charge in [0.15, 0.2) is 6.61 Å². The summed E-state index contributed by atoms with van der Waals surface area (Å²) in [5, 5.41) is 2.83. The fourth-order valence-corrected chi connectivity index (χ4v) is 2.20. The van der Waals surface area contributed by atoms with Gasteiger partial charge in [0.25, 0.3) is 5.91 Å². The molecule has 0 aromatic heterocycles. The van der Waals surface area contributed by atoms with Crippen molar-refractivity contribution in [3.8, 4) is 16.9 Å². The number of aryl methyl sites for hydroxylation is 1. The minimum atomic E-state index is -0.106. The van der Waals surface area contributed by atoms with Crippen LogP contribution in [0.15, 0.2) is 42.5 Å². The van der Waals surface area contributed by atoms with Crippen LogP contribution in [0, 0.1) is 0 Å². The van der Waals surface area contributed by atoms with Crippen LogP contribution in [-0.2, 0) is 11.2 Å². The Hall–Kier alpha value is -2.29. The smallest absolute Gasteiger partial charge is 0.262 e. The third-order valence-electron chi connectivity index (χ3n) is 3.31. The van der Waals surface area contributed by atoms with Crippen molar-refractivity contribution < 1.29 is 9.53 Å². The van der Waals surface area contributed by atoms with E-state index in [9.17, 15) is 4.79 Å². The number of ether oxygens (including phenoxy) is 1. The molecule has 3 heteroatoms. The van der Waals surface area contributed by atoms with Gasteiger partial charge in [-0.15, -0.1) is 0 Å². The molecule has 0 saturated carbocycles. The van der Waals surface area contributed by atoms with Gasteiger partial charge in [-0.05, 0) is 35.2 Å². The van der Waals surface area contributed by atoms with E-state index in [0.29, 0.717) is 0 Å². The summed E-state index contributed by atoms with van der Waals surface area (Å²) in [6.45, 7) is 2.23. The van der Waals surface area contributed by atoms with Gasteiger partial charge in [0.1, 0.15) is 5.75 Å². The van der Waals surface area contributed by atoms with Crippen LogP contribution in [0.1, 0.15) is 12.5 Å². The highest BCUT2D eigenvalue weighted by Gasteiger charge is 2.16. The van der Waals surface area contributed by atoms with Gasteiger partial charge in [0.2, 0.25) is 0 Å². The van der Waals surface area contributed by atoms with E-state index in [-0.39, 0.29) is 12.5 Å². The van der Waals surface area contributed by atoms with E-state index in [4.69, 9.17) is 4.74 Å². The molecule has 0 bridgehead atoms. The van der Waals surface area contributed by atoms with Crippen LogP contribution in [0.2, 0.25) is 0 Å². The van der Waals surface area contributed by atoms with Gasteiger partial charge < -0.3 is 10.1 Å². The Morgan fingerprint density at radius 3 is 2.58 bits per heavy atom. The van der Waals surface area contributed by atoms with Gasteiger partial charge in [-0.3, -0.25) is 4.79 Å². The maximum absolute atomic E-state index is 11.3. The monoisotopic (exact) mass is 253 g/mol. The van der Waals surface area contributed by atoms with E-state index in [1.165, 1.54) is 5.56 Å². The average molecular weight is 253 g/mol. The maximum atomic E-state index is 11.3. The standard InChI is InChI=1S/C16H15NO2/c1-2-11-3-5-12(6-4-11)13-7-8-15-14(9-13)17-16(18)10-19-15/h3-9H,2,10H2,1H3,(H,17,18). The quantitative estimate of drug-likeness (QED) is 0.892. The molecule has 0 saturated heterocycles. The second kappa shape index (κ2) is 4.76. The van der Waals surface area contributed by atoms with Crippen molar-refractivity contribution >= 4 is 11.6 Å². The van der Waals surface area contributed by atoms with Crippen LogP contribution in [0.4, 0.5) is 5.69 Å². The molecule has 1 N–H and O–H groups in total. The molecule has 19 heavy (non-hydrogen) atoms. The number of carbonyl (C=O) groups is 1. The van der Waals surface area contributed by atoms with Crippen molar-refractivity contribution in [2.24, 2.45) is 0 Å². The van der Waals surface area contributed by atoms with Gasteiger partial charge in [0, 0.05) is 0 Å². The Kier molecular flexibility index (Phi) is 2.95. The first-order chi connectivity index (χ1) is 9.26. The summed E-state index contributed by atoms with van der Waals surface area (Å²) >= 11 is 0. The van der Waals surface area contributed by atoms with E-state index >= 15 is 0 Å². The number of rotatable bonds is 2. The highest BCUT2D eigenvalue weighted by Crippen LogP contribution is 2.32.